The Bertz CT molecular complexity index is 460. The average molecular weight is 265 g/mol. The Hall–Kier alpha value is -1.82. The number of anilines is 2. The molecule has 1 aliphatic carbocycles. The van der Waals surface area contributed by atoms with Crippen LogP contribution in [0, 0.1) is 0 Å². The standard InChI is InChI=1S/C13H19N3O3/c14-11-8-15-12(7-10(11)13(18)19)16(5-2-6-17)9-3-1-4-9/h7-9,17H,1-6,14H2,(H,18,19). The van der Waals surface area contributed by atoms with E-state index in [1.807, 2.05) is 0 Å². The number of hydrogen-bond donors (Lipinski definition) is 3. The summed E-state index contributed by atoms with van der Waals surface area (Å²) in [6.45, 7) is 0.793. The van der Waals surface area contributed by atoms with Crippen LogP contribution in [0.15, 0.2) is 12.3 Å². The van der Waals surface area contributed by atoms with Gasteiger partial charge >= 0.3 is 5.97 Å². The number of nitrogens with two attached hydrogens (primary N) is 1. The van der Waals surface area contributed by atoms with E-state index in [1.165, 1.54) is 18.7 Å². The zero-order valence-corrected chi connectivity index (χ0v) is 10.7. The molecule has 0 spiro atoms. The number of pyridine rings is 1. The number of hydrogen-bond acceptors (Lipinski definition) is 5. The third-order valence-corrected chi connectivity index (χ3v) is 3.52. The van der Waals surface area contributed by atoms with Gasteiger partial charge in [-0.2, -0.15) is 0 Å². The van der Waals surface area contributed by atoms with Crippen molar-refractivity contribution in [3.05, 3.63) is 17.8 Å². The van der Waals surface area contributed by atoms with E-state index in [-0.39, 0.29) is 17.9 Å². The summed E-state index contributed by atoms with van der Waals surface area (Å²) in [6.07, 6.45) is 5.38. The molecule has 1 aromatic rings. The van der Waals surface area contributed by atoms with E-state index in [0.717, 1.165) is 12.8 Å². The van der Waals surface area contributed by atoms with E-state index in [4.69, 9.17) is 15.9 Å². The van der Waals surface area contributed by atoms with Gasteiger partial charge in [0.1, 0.15) is 5.82 Å². The van der Waals surface area contributed by atoms with Gasteiger partial charge in [0.15, 0.2) is 0 Å². The molecule has 1 saturated carbocycles. The summed E-state index contributed by atoms with van der Waals surface area (Å²) in [5.41, 5.74) is 5.87. The van der Waals surface area contributed by atoms with E-state index in [2.05, 4.69) is 9.88 Å². The summed E-state index contributed by atoms with van der Waals surface area (Å²) in [5.74, 6) is -0.415. The van der Waals surface area contributed by atoms with Crippen molar-refractivity contribution in [2.75, 3.05) is 23.8 Å². The van der Waals surface area contributed by atoms with Crippen LogP contribution in [0.5, 0.6) is 0 Å². The second-order valence-corrected chi connectivity index (χ2v) is 4.79. The summed E-state index contributed by atoms with van der Waals surface area (Å²) in [5, 5.41) is 18.1. The Morgan fingerprint density at radius 1 is 1.53 bits per heavy atom. The largest absolute Gasteiger partial charge is 0.478 e. The number of carboxylic acid groups (broad SMARTS) is 1. The molecular formula is C13H19N3O3. The number of carbonyl (C=O) groups is 1. The summed E-state index contributed by atoms with van der Waals surface area (Å²) >= 11 is 0. The molecule has 6 nitrogen and oxygen atoms in total. The van der Waals surface area contributed by atoms with Crippen molar-refractivity contribution in [2.45, 2.75) is 31.7 Å². The zero-order valence-electron chi connectivity index (χ0n) is 10.7. The first kappa shape index (κ1) is 13.6. The zero-order chi connectivity index (χ0) is 13.8. The van der Waals surface area contributed by atoms with Crippen molar-refractivity contribution in [2.24, 2.45) is 0 Å². The summed E-state index contributed by atoms with van der Waals surface area (Å²) in [6, 6.07) is 1.91. The Morgan fingerprint density at radius 3 is 2.79 bits per heavy atom. The van der Waals surface area contributed by atoms with Crippen LogP contribution in [-0.2, 0) is 0 Å². The fraction of sp³-hybridized carbons (Fsp3) is 0.538. The lowest BCUT2D eigenvalue weighted by molar-refractivity contribution is 0.0698. The van der Waals surface area contributed by atoms with Crippen LogP contribution in [0.4, 0.5) is 11.5 Å². The molecule has 1 aromatic heterocycles. The van der Waals surface area contributed by atoms with Gasteiger partial charge in [-0.1, -0.05) is 0 Å². The molecular weight excluding hydrogens is 246 g/mol. The highest BCUT2D eigenvalue weighted by Gasteiger charge is 2.26. The maximum atomic E-state index is 11.1. The van der Waals surface area contributed by atoms with Gasteiger partial charge in [-0.05, 0) is 31.7 Å². The van der Waals surface area contributed by atoms with Gasteiger partial charge in [0.2, 0.25) is 0 Å². The molecule has 0 aliphatic heterocycles. The number of aromatic carboxylic acids is 1. The van der Waals surface area contributed by atoms with E-state index < -0.39 is 5.97 Å². The van der Waals surface area contributed by atoms with Gasteiger partial charge in [-0.25, -0.2) is 9.78 Å². The molecule has 0 aromatic carbocycles. The number of carboxylic acids is 1. The maximum Gasteiger partial charge on any atom is 0.337 e. The molecule has 4 N–H and O–H groups in total. The van der Waals surface area contributed by atoms with Crippen molar-refractivity contribution in [1.29, 1.82) is 0 Å². The molecule has 1 aliphatic rings. The Balaban J connectivity index is 2.24. The minimum Gasteiger partial charge on any atom is -0.478 e. The monoisotopic (exact) mass is 265 g/mol. The molecule has 0 unspecified atom stereocenters. The number of aliphatic hydroxyl groups excluding tert-OH is 1. The number of aliphatic hydroxyl groups is 1. The minimum absolute atomic E-state index is 0.0818. The second-order valence-electron chi connectivity index (χ2n) is 4.79. The third kappa shape index (κ3) is 2.96. The van der Waals surface area contributed by atoms with Crippen LogP contribution in [0.2, 0.25) is 0 Å². The first-order chi connectivity index (χ1) is 9.13. The Morgan fingerprint density at radius 2 is 2.26 bits per heavy atom. The summed E-state index contributed by atoms with van der Waals surface area (Å²) < 4.78 is 0. The van der Waals surface area contributed by atoms with Gasteiger partial charge in [0.05, 0.1) is 17.4 Å². The van der Waals surface area contributed by atoms with Gasteiger partial charge in [-0.3, -0.25) is 0 Å². The molecule has 1 fully saturated rings. The predicted octanol–water partition coefficient (Wildman–Crippen LogP) is 1.10. The molecule has 19 heavy (non-hydrogen) atoms. The smallest absolute Gasteiger partial charge is 0.337 e. The van der Waals surface area contributed by atoms with Crippen molar-refractivity contribution in [3.63, 3.8) is 0 Å². The Labute approximate surface area is 111 Å². The highest BCUT2D eigenvalue weighted by Crippen LogP contribution is 2.29. The van der Waals surface area contributed by atoms with Gasteiger partial charge < -0.3 is 20.8 Å². The van der Waals surface area contributed by atoms with Crippen LogP contribution >= 0.6 is 0 Å². The molecule has 0 saturated heterocycles. The second kappa shape index (κ2) is 5.88. The van der Waals surface area contributed by atoms with Crippen LogP contribution in [0.3, 0.4) is 0 Å². The van der Waals surface area contributed by atoms with E-state index >= 15 is 0 Å². The maximum absolute atomic E-state index is 11.1. The van der Waals surface area contributed by atoms with Gasteiger partial charge in [0.25, 0.3) is 0 Å². The lowest BCUT2D eigenvalue weighted by Crippen LogP contribution is -2.41. The highest BCUT2D eigenvalue weighted by atomic mass is 16.4. The molecule has 0 amide bonds. The number of rotatable bonds is 6. The highest BCUT2D eigenvalue weighted by molar-refractivity contribution is 5.94. The fourth-order valence-electron chi connectivity index (χ4n) is 2.22. The van der Waals surface area contributed by atoms with E-state index in [0.29, 0.717) is 24.8 Å². The van der Waals surface area contributed by atoms with Crippen LogP contribution < -0.4 is 10.6 Å². The molecule has 104 valence electrons. The SMILES string of the molecule is Nc1cnc(N(CCCO)C2CCC2)cc1C(=O)O. The lowest BCUT2D eigenvalue weighted by atomic mass is 9.91. The lowest BCUT2D eigenvalue weighted by Gasteiger charge is -2.38. The number of nitrogens with zero attached hydrogens (tertiary/aromatic N) is 2. The number of aromatic nitrogens is 1. The first-order valence-corrected chi connectivity index (χ1v) is 6.49. The minimum atomic E-state index is -1.04. The molecule has 1 heterocycles. The average Bonchev–Trinajstić information content (AvgIpc) is 2.32. The molecule has 0 bridgehead atoms. The molecule has 2 rings (SSSR count). The van der Waals surface area contributed by atoms with E-state index in [9.17, 15) is 4.79 Å². The van der Waals surface area contributed by atoms with Crippen LogP contribution in [-0.4, -0.2) is 40.4 Å². The molecule has 0 atom stereocenters. The van der Waals surface area contributed by atoms with Crippen LogP contribution in [0.1, 0.15) is 36.0 Å². The Kier molecular flexibility index (Phi) is 4.21. The molecule has 6 heteroatoms. The van der Waals surface area contributed by atoms with Gasteiger partial charge in [0, 0.05) is 19.2 Å². The first-order valence-electron chi connectivity index (χ1n) is 6.49. The fourth-order valence-corrected chi connectivity index (χ4v) is 2.22. The summed E-state index contributed by atoms with van der Waals surface area (Å²) in [7, 11) is 0. The van der Waals surface area contributed by atoms with Crippen molar-refractivity contribution < 1.29 is 15.0 Å². The van der Waals surface area contributed by atoms with Crippen molar-refractivity contribution >= 4 is 17.5 Å². The van der Waals surface area contributed by atoms with Crippen molar-refractivity contribution in [1.82, 2.24) is 4.98 Å². The normalized spacial score (nSPS) is 15.0. The third-order valence-electron chi connectivity index (χ3n) is 3.52. The topological polar surface area (TPSA) is 99.7 Å². The number of nitrogen functional groups attached to an aromatic ring is 1. The quantitative estimate of drug-likeness (QED) is 0.712. The predicted molar refractivity (Wildman–Crippen MR) is 72.3 cm³/mol. The van der Waals surface area contributed by atoms with Crippen LogP contribution in [0.25, 0.3) is 0 Å². The van der Waals surface area contributed by atoms with Crippen molar-refractivity contribution in [3.8, 4) is 0 Å². The van der Waals surface area contributed by atoms with Gasteiger partial charge in [-0.15, -0.1) is 0 Å². The van der Waals surface area contributed by atoms with E-state index in [1.54, 1.807) is 0 Å². The molecule has 0 radical (unpaired) electrons. The summed E-state index contributed by atoms with van der Waals surface area (Å²) in [4.78, 5) is 17.4.